The lowest BCUT2D eigenvalue weighted by molar-refractivity contribution is -0.139. The Morgan fingerprint density at radius 2 is 1.72 bits per heavy atom. The maximum absolute atomic E-state index is 12.7. The number of carbonyl (C=O) groups excluding carboxylic acids is 3. The fourth-order valence-electron chi connectivity index (χ4n) is 5.51. The molecule has 13 heteroatoms. The zero-order valence-corrected chi connectivity index (χ0v) is 29.1. The number of halogens is 1. The number of benzene rings is 3. The van der Waals surface area contributed by atoms with E-state index in [0.717, 1.165) is 34.0 Å². The number of urea groups is 1. The van der Waals surface area contributed by atoms with Gasteiger partial charge in [0, 0.05) is 33.4 Å². The summed E-state index contributed by atoms with van der Waals surface area (Å²) in [5.74, 6) is 0.313. The predicted octanol–water partition coefficient (Wildman–Crippen LogP) is 6.06. The first-order valence-electron chi connectivity index (χ1n) is 15.8. The van der Waals surface area contributed by atoms with E-state index in [-0.39, 0.29) is 18.8 Å². The molecule has 2 heterocycles. The summed E-state index contributed by atoms with van der Waals surface area (Å²) in [6.07, 6.45) is 1.58. The Balaban J connectivity index is 1.18. The molecule has 50 heavy (non-hydrogen) atoms. The molecule has 5 rings (SSSR count). The number of methoxy groups -OCH3 is 1. The smallest absolute Gasteiger partial charge is 0.338 e. The van der Waals surface area contributed by atoms with Crippen molar-refractivity contribution < 1.29 is 33.3 Å². The van der Waals surface area contributed by atoms with E-state index < -0.39 is 23.9 Å². The van der Waals surface area contributed by atoms with E-state index >= 15 is 0 Å². The van der Waals surface area contributed by atoms with Gasteiger partial charge in [-0.1, -0.05) is 29.8 Å². The van der Waals surface area contributed by atoms with Crippen LogP contribution in [0.15, 0.2) is 89.2 Å². The Hall–Kier alpha value is -5.75. The van der Waals surface area contributed by atoms with Crippen molar-refractivity contribution in [2.75, 3.05) is 20.3 Å². The van der Waals surface area contributed by atoms with Gasteiger partial charge >= 0.3 is 12.0 Å². The molecule has 0 saturated carbocycles. The third-order valence-corrected chi connectivity index (χ3v) is 8.17. The number of hydrogen-bond acceptors (Lipinski definition) is 8. The second-order valence-corrected chi connectivity index (χ2v) is 11.8. The van der Waals surface area contributed by atoms with Gasteiger partial charge in [-0.25, -0.2) is 15.0 Å². The fraction of sp³-hybridized carbons (Fsp3) is 0.243. The average Bonchev–Trinajstić information content (AvgIpc) is 3.38. The summed E-state index contributed by atoms with van der Waals surface area (Å²) in [7, 11) is 1.45. The third-order valence-electron chi connectivity index (χ3n) is 7.92. The van der Waals surface area contributed by atoms with Gasteiger partial charge in [0.05, 0.1) is 31.5 Å². The number of nitrogens with zero attached hydrogens (tertiary/aromatic N) is 2. The summed E-state index contributed by atoms with van der Waals surface area (Å²) >= 11 is 5.96. The minimum atomic E-state index is -0.774. The van der Waals surface area contributed by atoms with Crippen molar-refractivity contribution in [3.8, 4) is 22.9 Å². The molecule has 0 unspecified atom stereocenters. The summed E-state index contributed by atoms with van der Waals surface area (Å²) in [6.45, 7) is 7.59. The fourth-order valence-corrected chi connectivity index (χ4v) is 5.64. The number of rotatable bonds is 13. The summed E-state index contributed by atoms with van der Waals surface area (Å²) < 4.78 is 24.4. The minimum Gasteiger partial charge on any atom is -0.493 e. The number of esters is 1. The first-order valence-corrected chi connectivity index (χ1v) is 16.2. The number of nitrogens with one attached hydrogen (secondary N) is 3. The molecule has 0 bridgehead atoms. The Morgan fingerprint density at radius 1 is 0.980 bits per heavy atom. The van der Waals surface area contributed by atoms with E-state index in [1.807, 2.05) is 68.4 Å². The summed E-state index contributed by atoms with van der Waals surface area (Å²) in [6, 6.07) is 21.0. The first-order chi connectivity index (χ1) is 24.1. The number of hydrogen-bond donors (Lipinski definition) is 3. The number of allylic oxidation sites excluding steroid dienone is 1. The van der Waals surface area contributed by atoms with Crippen LogP contribution in [0.3, 0.4) is 0 Å². The molecule has 1 aromatic heterocycles. The number of amides is 3. The van der Waals surface area contributed by atoms with Crippen molar-refractivity contribution in [2.45, 2.75) is 40.3 Å². The van der Waals surface area contributed by atoms with Crippen LogP contribution in [-0.4, -0.2) is 49.0 Å². The highest BCUT2D eigenvalue weighted by Gasteiger charge is 2.32. The molecule has 1 aliphatic heterocycles. The Kier molecular flexibility index (Phi) is 11.4. The molecular weight excluding hydrogens is 662 g/mol. The molecule has 0 aliphatic carbocycles. The monoisotopic (exact) mass is 699 g/mol. The first kappa shape index (κ1) is 35.6. The standard InChI is InChI=1S/C37H38ClN5O7/c1-6-48-36(45)34-23(3)40-37(46)41-35(34)26-9-16-31(32(18-26)47-5)50-21-33(44)42-39-19-27-17-22(2)43(24(27)4)29-12-14-30(15-13-29)49-20-25-7-10-28(38)11-8-25/h7-19,35H,6,20-21H2,1-5H3,(H,42,44)(H2,40,41,46)/b39-19+/t35-/m1/s1. The largest absolute Gasteiger partial charge is 0.493 e. The van der Waals surface area contributed by atoms with Gasteiger partial charge in [0.2, 0.25) is 0 Å². The molecule has 0 spiro atoms. The predicted molar refractivity (Wildman–Crippen MR) is 189 cm³/mol. The topological polar surface area (TPSA) is 142 Å². The van der Waals surface area contributed by atoms with Crippen LogP contribution in [0.4, 0.5) is 4.79 Å². The molecule has 0 fully saturated rings. The van der Waals surface area contributed by atoms with Gasteiger partial charge < -0.3 is 34.1 Å². The third kappa shape index (κ3) is 8.45. The lowest BCUT2D eigenvalue weighted by Gasteiger charge is -2.28. The van der Waals surface area contributed by atoms with Crippen molar-refractivity contribution >= 4 is 35.7 Å². The van der Waals surface area contributed by atoms with E-state index in [0.29, 0.717) is 34.4 Å². The maximum Gasteiger partial charge on any atom is 0.338 e. The van der Waals surface area contributed by atoms with Gasteiger partial charge in [-0.05, 0) is 93.4 Å². The molecule has 3 amide bonds. The highest BCUT2D eigenvalue weighted by molar-refractivity contribution is 6.30. The second kappa shape index (κ2) is 16.1. The van der Waals surface area contributed by atoms with Crippen molar-refractivity contribution in [2.24, 2.45) is 5.10 Å². The molecule has 1 atom stereocenters. The molecule has 1 aliphatic rings. The van der Waals surface area contributed by atoms with Crippen molar-refractivity contribution in [3.63, 3.8) is 0 Å². The molecule has 3 aromatic carbocycles. The van der Waals surface area contributed by atoms with E-state index in [1.165, 1.54) is 7.11 Å². The Bertz CT molecular complexity index is 1930. The van der Waals surface area contributed by atoms with Gasteiger partial charge in [-0.15, -0.1) is 0 Å². The molecule has 0 saturated heterocycles. The minimum absolute atomic E-state index is 0.183. The molecule has 4 aromatic rings. The summed E-state index contributed by atoms with van der Waals surface area (Å²) in [5, 5.41) is 10.2. The van der Waals surface area contributed by atoms with Crippen LogP contribution in [0.5, 0.6) is 17.2 Å². The zero-order chi connectivity index (χ0) is 35.8. The summed E-state index contributed by atoms with van der Waals surface area (Å²) in [5.41, 5.74) is 8.48. The lowest BCUT2D eigenvalue weighted by Crippen LogP contribution is -2.45. The molecule has 3 N–H and O–H groups in total. The average molecular weight is 700 g/mol. The normalized spacial score (nSPS) is 14.2. The van der Waals surface area contributed by atoms with Crippen LogP contribution >= 0.6 is 11.6 Å². The Morgan fingerprint density at radius 3 is 2.42 bits per heavy atom. The van der Waals surface area contributed by atoms with Gasteiger partial charge in [0.25, 0.3) is 5.91 Å². The number of carbonyl (C=O) groups is 3. The number of aryl methyl sites for hydroxylation is 1. The molecular formula is C37H38ClN5O7. The van der Waals surface area contributed by atoms with Crippen LogP contribution in [-0.2, 0) is 20.9 Å². The van der Waals surface area contributed by atoms with Crippen LogP contribution in [0, 0.1) is 13.8 Å². The van der Waals surface area contributed by atoms with Gasteiger partial charge in [-0.3, -0.25) is 4.79 Å². The van der Waals surface area contributed by atoms with Crippen LogP contribution in [0.2, 0.25) is 5.02 Å². The van der Waals surface area contributed by atoms with Gasteiger partial charge in [0.1, 0.15) is 12.4 Å². The van der Waals surface area contributed by atoms with Gasteiger partial charge in [-0.2, -0.15) is 5.10 Å². The lowest BCUT2D eigenvalue weighted by atomic mass is 9.95. The van der Waals surface area contributed by atoms with E-state index in [1.54, 1.807) is 38.3 Å². The molecule has 260 valence electrons. The number of hydrazone groups is 1. The Labute approximate surface area is 295 Å². The quantitative estimate of drug-likeness (QED) is 0.0876. The maximum atomic E-state index is 12.7. The second-order valence-electron chi connectivity index (χ2n) is 11.4. The van der Waals surface area contributed by atoms with E-state index in [2.05, 4.69) is 25.7 Å². The van der Waals surface area contributed by atoms with Gasteiger partial charge in [0.15, 0.2) is 18.1 Å². The number of ether oxygens (including phenoxy) is 4. The zero-order valence-electron chi connectivity index (χ0n) is 28.3. The van der Waals surface area contributed by atoms with Crippen molar-refractivity contribution in [1.82, 2.24) is 20.6 Å². The SMILES string of the molecule is CCOC(=O)C1=C(C)NC(=O)N[C@@H]1c1ccc(OCC(=O)N/N=C/c2cc(C)n(-c3ccc(OCc4ccc(Cl)cc4)cc3)c2C)c(OC)c1. The van der Waals surface area contributed by atoms with E-state index in [4.69, 9.17) is 30.5 Å². The van der Waals surface area contributed by atoms with E-state index in [9.17, 15) is 14.4 Å². The summed E-state index contributed by atoms with van der Waals surface area (Å²) in [4.78, 5) is 37.5. The van der Waals surface area contributed by atoms with Crippen molar-refractivity contribution in [3.05, 3.63) is 117 Å². The molecule has 0 radical (unpaired) electrons. The highest BCUT2D eigenvalue weighted by Crippen LogP contribution is 2.34. The highest BCUT2D eigenvalue weighted by atomic mass is 35.5. The van der Waals surface area contributed by atoms with Crippen LogP contribution < -0.4 is 30.3 Å². The molecule has 12 nitrogen and oxygen atoms in total. The van der Waals surface area contributed by atoms with Crippen molar-refractivity contribution in [1.29, 1.82) is 0 Å². The van der Waals surface area contributed by atoms with Crippen LogP contribution in [0.1, 0.15) is 48.0 Å². The van der Waals surface area contributed by atoms with Crippen LogP contribution in [0.25, 0.3) is 5.69 Å². The number of aromatic nitrogens is 1.